The van der Waals surface area contributed by atoms with Crippen molar-refractivity contribution >= 4 is 17.8 Å². The zero-order chi connectivity index (χ0) is 11.6. The zero-order valence-electron chi connectivity index (χ0n) is 8.86. The van der Waals surface area contributed by atoms with Crippen molar-refractivity contribution in [3.05, 3.63) is 24.6 Å². The van der Waals surface area contributed by atoms with Crippen LogP contribution in [0.25, 0.3) is 0 Å². The van der Waals surface area contributed by atoms with Gasteiger partial charge in [-0.1, -0.05) is 13.2 Å². The average Bonchev–Trinajstić information content (AvgIpc) is 1.99. The Hall–Kier alpha value is -2.11. The molecule has 1 aromatic rings. The van der Waals surface area contributed by atoms with Gasteiger partial charge in [0.15, 0.2) is 0 Å². The molecule has 0 aliphatic rings. The Kier molecular flexibility index (Phi) is 2.89. The van der Waals surface area contributed by atoms with Gasteiger partial charge in [-0.15, -0.1) is 0 Å². The molecular weight excluding hydrogens is 192 g/mol. The van der Waals surface area contributed by atoms with Gasteiger partial charge in [0, 0.05) is 11.4 Å². The van der Waals surface area contributed by atoms with Gasteiger partial charge in [-0.05, 0) is 13.8 Å². The Bertz CT molecular complexity index is 377. The molecule has 0 aromatic carbocycles. The lowest BCUT2D eigenvalue weighted by atomic mass is 10.4. The van der Waals surface area contributed by atoms with Crippen molar-refractivity contribution in [1.29, 1.82) is 0 Å². The monoisotopic (exact) mass is 206 g/mol. The van der Waals surface area contributed by atoms with Gasteiger partial charge in [-0.25, -0.2) is 0 Å². The average molecular weight is 206 g/mol. The molecule has 0 atom stereocenters. The largest absolute Gasteiger partial charge is 0.368 e. The van der Waals surface area contributed by atoms with Crippen LogP contribution in [0.5, 0.6) is 0 Å². The Balaban J connectivity index is 3.22. The van der Waals surface area contributed by atoms with E-state index in [0.29, 0.717) is 5.95 Å². The number of nitrogen functional groups attached to an aromatic ring is 2. The van der Waals surface area contributed by atoms with Crippen LogP contribution in [0.1, 0.15) is 13.8 Å². The predicted molar refractivity (Wildman–Crippen MR) is 60.8 cm³/mol. The molecular formula is C9H14N6. The van der Waals surface area contributed by atoms with Crippen LogP contribution in [-0.2, 0) is 0 Å². The highest BCUT2D eigenvalue weighted by atomic mass is 15.3. The van der Waals surface area contributed by atoms with Crippen molar-refractivity contribution in [2.24, 2.45) is 0 Å². The van der Waals surface area contributed by atoms with E-state index in [2.05, 4.69) is 28.1 Å². The van der Waals surface area contributed by atoms with Crippen molar-refractivity contribution in [2.45, 2.75) is 13.8 Å². The maximum Gasteiger partial charge on any atom is 0.240 e. The molecule has 0 bridgehead atoms. The molecule has 0 saturated carbocycles. The minimum atomic E-state index is 0.0741. The van der Waals surface area contributed by atoms with Crippen LogP contribution in [0.15, 0.2) is 24.6 Å². The molecule has 15 heavy (non-hydrogen) atoms. The highest BCUT2D eigenvalue weighted by Gasteiger charge is 2.12. The molecule has 0 fully saturated rings. The van der Waals surface area contributed by atoms with Gasteiger partial charge in [0.05, 0.1) is 0 Å². The van der Waals surface area contributed by atoms with E-state index < -0.39 is 0 Å². The van der Waals surface area contributed by atoms with Crippen molar-refractivity contribution in [3.63, 3.8) is 0 Å². The number of nitrogens with zero attached hydrogens (tertiary/aromatic N) is 4. The van der Waals surface area contributed by atoms with Crippen LogP contribution >= 0.6 is 0 Å². The molecule has 1 rings (SSSR count). The normalized spacial score (nSPS) is 9.73. The standard InChI is InChI=1S/C9H14N6/c1-5(2)15(6(3)4)9-13-7(10)12-8(11)14-9/h1,3H2,2,4H3,(H4,10,11,12,13,14). The Labute approximate surface area is 88.3 Å². The van der Waals surface area contributed by atoms with Crippen LogP contribution in [0.2, 0.25) is 0 Å². The maximum absolute atomic E-state index is 5.47. The topological polar surface area (TPSA) is 94.0 Å². The minimum Gasteiger partial charge on any atom is -0.368 e. The second-order valence-electron chi connectivity index (χ2n) is 3.16. The molecule has 1 heterocycles. The highest BCUT2D eigenvalue weighted by molar-refractivity contribution is 5.49. The predicted octanol–water partition coefficient (Wildman–Crippen LogP) is 0.910. The van der Waals surface area contributed by atoms with E-state index >= 15 is 0 Å². The summed E-state index contributed by atoms with van der Waals surface area (Å²) in [5.41, 5.74) is 12.4. The molecule has 0 radical (unpaired) electrons. The van der Waals surface area contributed by atoms with Crippen molar-refractivity contribution in [2.75, 3.05) is 16.4 Å². The molecule has 0 saturated heterocycles. The number of allylic oxidation sites excluding steroid dienone is 2. The van der Waals surface area contributed by atoms with Gasteiger partial charge in [0.2, 0.25) is 17.8 Å². The third kappa shape index (κ3) is 2.43. The van der Waals surface area contributed by atoms with Gasteiger partial charge in [0.1, 0.15) is 0 Å². The van der Waals surface area contributed by atoms with Crippen molar-refractivity contribution in [3.8, 4) is 0 Å². The van der Waals surface area contributed by atoms with E-state index in [1.165, 1.54) is 0 Å². The number of hydrogen-bond acceptors (Lipinski definition) is 6. The van der Waals surface area contributed by atoms with Crippen LogP contribution in [0.3, 0.4) is 0 Å². The summed E-state index contributed by atoms with van der Waals surface area (Å²) < 4.78 is 0. The van der Waals surface area contributed by atoms with Gasteiger partial charge in [-0.3, -0.25) is 4.90 Å². The zero-order valence-corrected chi connectivity index (χ0v) is 8.86. The third-order valence-electron chi connectivity index (χ3n) is 1.62. The molecule has 0 spiro atoms. The molecule has 0 aliphatic heterocycles. The number of anilines is 3. The molecule has 6 heteroatoms. The molecule has 0 unspecified atom stereocenters. The maximum atomic E-state index is 5.47. The first-order valence-corrected chi connectivity index (χ1v) is 4.30. The van der Waals surface area contributed by atoms with Gasteiger partial charge < -0.3 is 11.5 Å². The van der Waals surface area contributed by atoms with Crippen LogP contribution in [0.4, 0.5) is 17.8 Å². The Morgan fingerprint density at radius 3 is 1.73 bits per heavy atom. The first kappa shape index (κ1) is 11.0. The number of hydrogen-bond donors (Lipinski definition) is 2. The summed E-state index contributed by atoms with van der Waals surface area (Å²) in [6.45, 7) is 11.2. The summed E-state index contributed by atoms with van der Waals surface area (Å²) in [5.74, 6) is 0.481. The first-order chi connectivity index (χ1) is 6.91. The van der Waals surface area contributed by atoms with Crippen LogP contribution in [0, 0.1) is 0 Å². The second-order valence-corrected chi connectivity index (χ2v) is 3.16. The molecule has 4 N–H and O–H groups in total. The summed E-state index contributed by atoms with van der Waals surface area (Å²) in [6.07, 6.45) is 0. The number of nitrogens with two attached hydrogens (primary N) is 2. The van der Waals surface area contributed by atoms with Crippen molar-refractivity contribution in [1.82, 2.24) is 15.0 Å². The lowest BCUT2D eigenvalue weighted by Crippen LogP contribution is -2.21. The van der Waals surface area contributed by atoms with Crippen LogP contribution in [-0.4, -0.2) is 15.0 Å². The van der Waals surface area contributed by atoms with Crippen molar-refractivity contribution < 1.29 is 0 Å². The summed E-state index contributed by atoms with van der Waals surface area (Å²) in [7, 11) is 0. The fraction of sp³-hybridized carbons (Fsp3) is 0.222. The van der Waals surface area contributed by atoms with E-state index in [-0.39, 0.29) is 11.9 Å². The van der Waals surface area contributed by atoms with E-state index in [9.17, 15) is 0 Å². The first-order valence-electron chi connectivity index (χ1n) is 4.30. The quantitative estimate of drug-likeness (QED) is 0.763. The van der Waals surface area contributed by atoms with Gasteiger partial charge in [0.25, 0.3) is 0 Å². The van der Waals surface area contributed by atoms with E-state index in [4.69, 9.17) is 11.5 Å². The Morgan fingerprint density at radius 2 is 1.40 bits per heavy atom. The minimum absolute atomic E-state index is 0.0741. The van der Waals surface area contributed by atoms with Gasteiger partial charge >= 0.3 is 0 Å². The summed E-state index contributed by atoms with van der Waals surface area (Å²) in [4.78, 5) is 13.2. The SMILES string of the molecule is C=C(C)N(C(=C)C)c1nc(N)nc(N)n1. The van der Waals surface area contributed by atoms with E-state index in [1.54, 1.807) is 4.90 Å². The van der Waals surface area contributed by atoms with E-state index in [1.807, 2.05) is 13.8 Å². The van der Waals surface area contributed by atoms with E-state index in [0.717, 1.165) is 11.4 Å². The number of aromatic nitrogens is 3. The molecule has 0 amide bonds. The highest BCUT2D eigenvalue weighted by Crippen LogP contribution is 2.18. The number of rotatable bonds is 3. The molecule has 80 valence electrons. The lowest BCUT2D eigenvalue weighted by molar-refractivity contribution is 0.960. The Morgan fingerprint density at radius 1 is 1.00 bits per heavy atom. The smallest absolute Gasteiger partial charge is 0.240 e. The van der Waals surface area contributed by atoms with Gasteiger partial charge in [-0.2, -0.15) is 15.0 Å². The summed E-state index contributed by atoms with van der Waals surface area (Å²) in [6, 6.07) is 0. The fourth-order valence-electron chi connectivity index (χ4n) is 1.16. The van der Waals surface area contributed by atoms with Crippen LogP contribution < -0.4 is 16.4 Å². The second kappa shape index (κ2) is 3.95. The summed E-state index contributed by atoms with van der Waals surface area (Å²) >= 11 is 0. The lowest BCUT2D eigenvalue weighted by Gasteiger charge is -2.22. The molecule has 6 nitrogen and oxygen atoms in total. The summed E-state index contributed by atoms with van der Waals surface area (Å²) in [5, 5.41) is 0. The third-order valence-corrected chi connectivity index (χ3v) is 1.62. The fourth-order valence-corrected chi connectivity index (χ4v) is 1.16. The molecule has 0 aliphatic carbocycles. The molecule has 1 aromatic heterocycles.